The summed E-state index contributed by atoms with van der Waals surface area (Å²) in [6, 6.07) is -0.190. The Bertz CT molecular complexity index is 213. The number of hydrogen-bond donors (Lipinski definition) is 1. The van der Waals surface area contributed by atoms with Crippen LogP contribution >= 0.6 is 0 Å². The van der Waals surface area contributed by atoms with Crippen LogP contribution in [-0.4, -0.2) is 35.0 Å². The van der Waals surface area contributed by atoms with Crippen molar-refractivity contribution in [2.24, 2.45) is 5.92 Å². The minimum atomic E-state index is -0.858. The first kappa shape index (κ1) is 12.9. The molecule has 14 heavy (non-hydrogen) atoms. The maximum Gasteiger partial charge on any atom is 0.305 e. The number of carboxylic acids is 1. The Labute approximate surface area is 84.9 Å². The molecule has 0 heterocycles. The highest BCUT2D eigenvalue weighted by molar-refractivity contribution is 5.74. The summed E-state index contributed by atoms with van der Waals surface area (Å²) < 4.78 is 0. The molecule has 0 aliphatic carbocycles. The molecule has 4 nitrogen and oxygen atoms in total. The highest BCUT2D eigenvalue weighted by Gasteiger charge is 2.20. The van der Waals surface area contributed by atoms with Gasteiger partial charge in [0.1, 0.15) is 0 Å². The zero-order valence-corrected chi connectivity index (χ0v) is 9.28. The normalized spacial score (nSPS) is 12.6. The van der Waals surface area contributed by atoms with Crippen LogP contribution in [0.2, 0.25) is 0 Å². The summed E-state index contributed by atoms with van der Waals surface area (Å²) in [4.78, 5) is 23.2. The van der Waals surface area contributed by atoms with Gasteiger partial charge in [-0.3, -0.25) is 9.59 Å². The summed E-state index contributed by atoms with van der Waals surface area (Å²) in [6.07, 6.45) is 0.747. The fourth-order valence-electron chi connectivity index (χ4n) is 1.38. The third kappa shape index (κ3) is 4.84. The lowest BCUT2D eigenvalue weighted by Gasteiger charge is -2.27. The quantitative estimate of drug-likeness (QED) is 0.730. The fourth-order valence-corrected chi connectivity index (χ4v) is 1.38. The minimum Gasteiger partial charge on any atom is -0.481 e. The highest BCUT2D eigenvalue weighted by Crippen LogP contribution is 2.13. The van der Waals surface area contributed by atoms with Gasteiger partial charge < -0.3 is 10.0 Å². The van der Waals surface area contributed by atoms with E-state index in [1.807, 2.05) is 13.8 Å². The maximum absolute atomic E-state index is 11.1. The topological polar surface area (TPSA) is 57.6 Å². The SMILES string of the molecule is CC(=O)N(C)[C@@H](CC(=O)O)CC(C)C. The molecule has 0 saturated carbocycles. The molecule has 0 saturated heterocycles. The standard InChI is InChI=1S/C10H19NO3/c1-7(2)5-9(6-10(13)14)11(4)8(3)12/h7,9H,5-6H2,1-4H3,(H,13,14)/t9-/m1/s1. The molecule has 82 valence electrons. The van der Waals surface area contributed by atoms with Gasteiger partial charge >= 0.3 is 5.97 Å². The van der Waals surface area contributed by atoms with Crippen LogP contribution in [0, 0.1) is 5.92 Å². The molecule has 0 aromatic rings. The van der Waals surface area contributed by atoms with Gasteiger partial charge in [-0.15, -0.1) is 0 Å². The van der Waals surface area contributed by atoms with Crippen LogP contribution < -0.4 is 0 Å². The zero-order valence-electron chi connectivity index (χ0n) is 9.28. The van der Waals surface area contributed by atoms with Crippen LogP contribution in [0.3, 0.4) is 0 Å². The van der Waals surface area contributed by atoms with E-state index in [-0.39, 0.29) is 18.4 Å². The van der Waals surface area contributed by atoms with Gasteiger partial charge in [0.25, 0.3) is 0 Å². The summed E-state index contributed by atoms with van der Waals surface area (Å²) in [5.41, 5.74) is 0. The number of carbonyl (C=O) groups excluding carboxylic acids is 1. The van der Waals surface area contributed by atoms with E-state index in [9.17, 15) is 9.59 Å². The van der Waals surface area contributed by atoms with E-state index < -0.39 is 5.97 Å². The fraction of sp³-hybridized carbons (Fsp3) is 0.800. The van der Waals surface area contributed by atoms with Gasteiger partial charge in [-0.05, 0) is 12.3 Å². The molecule has 0 radical (unpaired) electrons. The van der Waals surface area contributed by atoms with Crippen LogP contribution in [0.5, 0.6) is 0 Å². The van der Waals surface area contributed by atoms with Gasteiger partial charge in [-0.25, -0.2) is 0 Å². The predicted molar refractivity (Wildman–Crippen MR) is 53.9 cm³/mol. The van der Waals surface area contributed by atoms with Gasteiger partial charge in [0, 0.05) is 20.0 Å². The van der Waals surface area contributed by atoms with E-state index >= 15 is 0 Å². The Morgan fingerprint density at radius 3 is 2.14 bits per heavy atom. The Kier molecular flexibility index (Phi) is 5.20. The van der Waals surface area contributed by atoms with E-state index in [0.29, 0.717) is 5.92 Å². The number of rotatable bonds is 5. The van der Waals surface area contributed by atoms with Crippen molar-refractivity contribution in [1.29, 1.82) is 0 Å². The lowest BCUT2D eigenvalue weighted by molar-refractivity contribution is -0.140. The largest absolute Gasteiger partial charge is 0.481 e. The molecular weight excluding hydrogens is 182 g/mol. The molecular formula is C10H19NO3. The third-order valence-corrected chi connectivity index (χ3v) is 2.20. The second-order valence-electron chi connectivity index (χ2n) is 4.01. The van der Waals surface area contributed by atoms with Crippen LogP contribution in [-0.2, 0) is 9.59 Å². The Morgan fingerprint density at radius 1 is 1.36 bits per heavy atom. The molecule has 0 aromatic heterocycles. The molecule has 0 rings (SSSR count). The number of nitrogens with zero attached hydrogens (tertiary/aromatic N) is 1. The van der Waals surface area contributed by atoms with Crippen molar-refractivity contribution in [3.8, 4) is 0 Å². The average Bonchev–Trinajstić information content (AvgIpc) is 1.99. The summed E-state index contributed by atoms with van der Waals surface area (Å²) in [6.45, 7) is 5.49. The molecule has 0 bridgehead atoms. The zero-order chi connectivity index (χ0) is 11.3. The molecule has 0 fully saturated rings. The van der Waals surface area contributed by atoms with Crippen molar-refractivity contribution in [1.82, 2.24) is 4.90 Å². The third-order valence-electron chi connectivity index (χ3n) is 2.20. The maximum atomic E-state index is 11.1. The molecule has 0 aromatic carbocycles. The van der Waals surface area contributed by atoms with Gasteiger partial charge in [-0.1, -0.05) is 13.8 Å². The molecule has 4 heteroatoms. The van der Waals surface area contributed by atoms with E-state index in [1.54, 1.807) is 7.05 Å². The van der Waals surface area contributed by atoms with Gasteiger partial charge in [0.2, 0.25) is 5.91 Å². The van der Waals surface area contributed by atoms with Crippen molar-refractivity contribution in [2.75, 3.05) is 7.05 Å². The first-order valence-electron chi connectivity index (χ1n) is 4.79. The summed E-state index contributed by atoms with van der Waals surface area (Å²) in [7, 11) is 1.65. The smallest absolute Gasteiger partial charge is 0.305 e. The van der Waals surface area contributed by atoms with Crippen molar-refractivity contribution in [2.45, 2.75) is 39.7 Å². The number of amides is 1. The van der Waals surface area contributed by atoms with Gasteiger partial charge in [0.05, 0.1) is 6.42 Å². The second kappa shape index (κ2) is 5.62. The molecule has 1 N–H and O–H groups in total. The van der Waals surface area contributed by atoms with E-state index in [1.165, 1.54) is 11.8 Å². The van der Waals surface area contributed by atoms with Gasteiger partial charge in [0.15, 0.2) is 0 Å². The molecule has 0 aliphatic rings. The van der Waals surface area contributed by atoms with Crippen molar-refractivity contribution in [3.05, 3.63) is 0 Å². The summed E-state index contributed by atoms with van der Waals surface area (Å²) >= 11 is 0. The number of hydrogen-bond acceptors (Lipinski definition) is 2. The van der Waals surface area contributed by atoms with Crippen molar-refractivity contribution in [3.63, 3.8) is 0 Å². The van der Waals surface area contributed by atoms with E-state index in [4.69, 9.17) is 5.11 Å². The van der Waals surface area contributed by atoms with Crippen LogP contribution in [0.4, 0.5) is 0 Å². The molecule has 0 unspecified atom stereocenters. The number of carbonyl (C=O) groups is 2. The highest BCUT2D eigenvalue weighted by atomic mass is 16.4. The monoisotopic (exact) mass is 201 g/mol. The Morgan fingerprint density at radius 2 is 1.86 bits per heavy atom. The summed E-state index contributed by atoms with van der Waals surface area (Å²) in [5, 5.41) is 8.69. The molecule has 0 aliphatic heterocycles. The Balaban J connectivity index is 4.37. The first-order chi connectivity index (χ1) is 6.34. The molecule has 1 atom stereocenters. The van der Waals surface area contributed by atoms with Crippen molar-refractivity contribution >= 4 is 11.9 Å². The predicted octanol–water partition coefficient (Wildman–Crippen LogP) is 1.35. The van der Waals surface area contributed by atoms with Gasteiger partial charge in [-0.2, -0.15) is 0 Å². The molecule has 0 spiro atoms. The van der Waals surface area contributed by atoms with E-state index in [0.717, 1.165) is 6.42 Å². The second-order valence-corrected chi connectivity index (χ2v) is 4.01. The summed E-state index contributed by atoms with van der Waals surface area (Å²) in [5.74, 6) is -0.554. The Hall–Kier alpha value is -1.06. The average molecular weight is 201 g/mol. The minimum absolute atomic E-state index is 0.0221. The molecule has 1 amide bonds. The number of aliphatic carboxylic acids is 1. The van der Waals surface area contributed by atoms with Crippen LogP contribution in [0.1, 0.15) is 33.6 Å². The van der Waals surface area contributed by atoms with Crippen LogP contribution in [0.25, 0.3) is 0 Å². The lowest BCUT2D eigenvalue weighted by Crippen LogP contribution is -2.38. The first-order valence-corrected chi connectivity index (χ1v) is 4.79. The van der Waals surface area contributed by atoms with Crippen LogP contribution in [0.15, 0.2) is 0 Å². The van der Waals surface area contributed by atoms with Crippen molar-refractivity contribution < 1.29 is 14.7 Å². The lowest BCUT2D eigenvalue weighted by atomic mass is 10.00. The van der Waals surface area contributed by atoms with E-state index in [2.05, 4.69) is 0 Å². The number of carboxylic acid groups (broad SMARTS) is 1.